The van der Waals surface area contributed by atoms with Crippen LogP contribution >= 0.6 is 0 Å². The highest BCUT2D eigenvalue weighted by Crippen LogP contribution is 1.84. The van der Waals surface area contributed by atoms with Crippen molar-refractivity contribution in [1.82, 2.24) is 0 Å². The van der Waals surface area contributed by atoms with Gasteiger partial charge in [-0.3, -0.25) is 0 Å². The molecule has 54 valence electrons. The topological polar surface area (TPSA) is 58.9 Å². The molecule has 0 saturated heterocycles. The highest BCUT2D eigenvalue weighted by molar-refractivity contribution is 7.81. The maximum Gasteiger partial charge on any atom is 0.441 e. The zero-order valence-corrected chi connectivity index (χ0v) is 6.14. The Labute approximate surface area is 56.1 Å². The first kappa shape index (κ1) is 8.58. The normalized spacial score (nSPS) is 13.2. The molecule has 1 unspecified atom stereocenters. The average Bonchev–Trinajstić information content (AvgIpc) is 1.63. The van der Waals surface area contributed by atoms with E-state index in [0.29, 0.717) is 6.61 Å². The van der Waals surface area contributed by atoms with Gasteiger partial charge in [-0.1, -0.05) is 0 Å². The van der Waals surface area contributed by atoms with Crippen LogP contribution < -0.4 is 0 Å². The van der Waals surface area contributed by atoms with Gasteiger partial charge in [0.25, 0.3) is 0 Å². The van der Waals surface area contributed by atoms with Crippen molar-refractivity contribution < 1.29 is 14.1 Å². The molecule has 0 bridgehead atoms. The van der Waals surface area contributed by atoms with Crippen LogP contribution in [0.3, 0.4) is 0 Å². The molecule has 1 amide bonds. The number of ether oxygens (including phenoxy) is 1. The monoisotopic (exact) mass is 151 g/mol. The molecule has 1 N–H and O–H groups in total. The van der Waals surface area contributed by atoms with Gasteiger partial charge in [-0.05, 0) is 6.92 Å². The third-order valence-electron chi connectivity index (χ3n) is 0.474. The number of nitrogens with zero attached hydrogens (tertiary/aromatic N) is 1. The molecular formula is C4H9NO3S. The van der Waals surface area contributed by atoms with E-state index in [2.05, 4.69) is 9.10 Å². The van der Waals surface area contributed by atoms with Crippen LogP contribution in [-0.4, -0.2) is 23.5 Å². The van der Waals surface area contributed by atoms with E-state index < -0.39 is 17.1 Å². The second-order valence-corrected chi connectivity index (χ2v) is 2.31. The predicted octanol–water partition coefficient (Wildman–Crippen LogP) is 1.05. The fraction of sp³-hybridized carbons (Fsp3) is 0.750. The van der Waals surface area contributed by atoms with Gasteiger partial charge in [0.05, 0.1) is 6.61 Å². The van der Waals surface area contributed by atoms with Crippen molar-refractivity contribution in [2.24, 2.45) is 4.36 Å². The van der Waals surface area contributed by atoms with Gasteiger partial charge >= 0.3 is 6.09 Å². The van der Waals surface area contributed by atoms with Crippen LogP contribution in [0.25, 0.3) is 0 Å². The fourth-order valence-corrected chi connectivity index (χ4v) is 0.526. The lowest BCUT2D eigenvalue weighted by Gasteiger charge is -1.93. The Bertz CT molecular complexity index is 130. The van der Waals surface area contributed by atoms with Crippen LogP contribution in [0.5, 0.6) is 0 Å². The van der Waals surface area contributed by atoms with Crippen molar-refractivity contribution >= 4 is 17.1 Å². The van der Waals surface area contributed by atoms with E-state index in [1.165, 1.54) is 6.26 Å². The van der Waals surface area contributed by atoms with Crippen LogP contribution in [-0.2, 0) is 15.7 Å². The molecule has 0 aliphatic rings. The van der Waals surface area contributed by atoms with Crippen LogP contribution in [0.15, 0.2) is 4.36 Å². The van der Waals surface area contributed by atoms with Crippen LogP contribution in [0.1, 0.15) is 6.92 Å². The van der Waals surface area contributed by atoms with Crippen molar-refractivity contribution in [3.8, 4) is 0 Å². The quantitative estimate of drug-likeness (QED) is 0.609. The summed E-state index contributed by atoms with van der Waals surface area (Å²) >= 11 is 0. The van der Waals surface area contributed by atoms with Crippen molar-refractivity contribution in [1.29, 1.82) is 0 Å². The molecule has 0 aromatic rings. The molecular weight excluding hydrogens is 142 g/mol. The zero-order valence-electron chi connectivity index (χ0n) is 5.33. The lowest BCUT2D eigenvalue weighted by molar-refractivity contribution is 0.164. The van der Waals surface area contributed by atoms with Crippen LogP contribution in [0.4, 0.5) is 4.79 Å². The summed E-state index contributed by atoms with van der Waals surface area (Å²) in [7, 11) is -1.20. The summed E-state index contributed by atoms with van der Waals surface area (Å²) in [6, 6.07) is 0. The smallest absolute Gasteiger partial charge is 0.441 e. The van der Waals surface area contributed by atoms with Gasteiger partial charge in [0.1, 0.15) is 0 Å². The first-order chi connectivity index (χ1) is 4.16. The van der Waals surface area contributed by atoms with Crippen molar-refractivity contribution in [2.45, 2.75) is 6.92 Å². The van der Waals surface area contributed by atoms with Gasteiger partial charge in [-0.15, -0.1) is 4.36 Å². The molecule has 0 aromatic heterocycles. The predicted molar refractivity (Wildman–Crippen MR) is 35.4 cm³/mol. The van der Waals surface area contributed by atoms with E-state index in [9.17, 15) is 4.79 Å². The summed E-state index contributed by atoms with van der Waals surface area (Å²) in [6.45, 7) is 1.97. The third kappa shape index (κ3) is 5.45. The van der Waals surface area contributed by atoms with Crippen molar-refractivity contribution in [2.75, 3.05) is 12.9 Å². The van der Waals surface area contributed by atoms with Gasteiger partial charge in [-0.2, -0.15) is 0 Å². The second kappa shape index (κ2) is 4.46. The minimum absolute atomic E-state index is 0.291. The standard InChI is InChI=1S/C4H9NO3S/c1-3-8-4(6)5-9(2)7/h3H2,1-2H3,(H,5,6,7). The second-order valence-electron chi connectivity index (χ2n) is 1.24. The van der Waals surface area contributed by atoms with Gasteiger partial charge in [0.2, 0.25) is 0 Å². The summed E-state index contributed by atoms with van der Waals surface area (Å²) in [5.74, 6) is 0. The molecule has 0 fully saturated rings. The number of carbonyl (C=O) groups is 1. The first-order valence-corrected chi connectivity index (χ1v) is 3.95. The summed E-state index contributed by atoms with van der Waals surface area (Å²) in [5.41, 5.74) is 0. The lowest BCUT2D eigenvalue weighted by Crippen LogP contribution is -1.98. The van der Waals surface area contributed by atoms with Gasteiger partial charge < -0.3 is 9.29 Å². The minimum Gasteiger partial charge on any atom is -0.448 e. The maximum absolute atomic E-state index is 10.3. The Kier molecular flexibility index (Phi) is 4.25. The molecule has 4 nitrogen and oxygen atoms in total. The number of amides is 1. The number of carbonyl (C=O) groups excluding carboxylic acids is 1. The Morgan fingerprint density at radius 1 is 1.89 bits per heavy atom. The van der Waals surface area contributed by atoms with E-state index in [-0.39, 0.29) is 0 Å². The van der Waals surface area contributed by atoms with Gasteiger partial charge in [0.15, 0.2) is 0 Å². The highest BCUT2D eigenvalue weighted by atomic mass is 32.2. The summed E-state index contributed by atoms with van der Waals surface area (Å²) < 4.78 is 16.1. The molecule has 0 heterocycles. The first-order valence-electron chi connectivity index (χ1n) is 2.40. The number of hydrogen-bond acceptors (Lipinski definition) is 2. The molecule has 0 aliphatic carbocycles. The molecule has 0 rings (SSSR count). The summed E-state index contributed by atoms with van der Waals surface area (Å²) in [4.78, 5) is 10.3. The maximum atomic E-state index is 10.3. The lowest BCUT2D eigenvalue weighted by atomic mass is 10.9. The van der Waals surface area contributed by atoms with Crippen LogP contribution in [0.2, 0.25) is 0 Å². The minimum atomic E-state index is -1.20. The SMILES string of the molecule is CCOC(=O)/N=S(\C)O. The Hall–Kier alpha value is -0.420. The summed E-state index contributed by atoms with van der Waals surface area (Å²) in [6.07, 6.45) is 0.711. The number of rotatable bonds is 1. The Morgan fingerprint density at radius 3 is 2.78 bits per heavy atom. The molecule has 1 atom stereocenters. The fourth-order valence-electron chi connectivity index (χ4n) is 0.258. The Balaban J connectivity index is 3.63. The van der Waals surface area contributed by atoms with E-state index in [4.69, 9.17) is 4.55 Å². The Morgan fingerprint density at radius 2 is 2.44 bits per heavy atom. The van der Waals surface area contributed by atoms with Crippen molar-refractivity contribution in [3.05, 3.63) is 0 Å². The van der Waals surface area contributed by atoms with Crippen molar-refractivity contribution in [3.63, 3.8) is 0 Å². The summed E-state index contributed by atoms with van der Waals surface area (Å²) in [5, 5.41) is 0. The molecule has 9 heavy (non-hydrogen) atoms. The van der Waals surface area contributed by atoms with E-state index in [0.717, 1.165) is 0 Å². The third-order valence-corrected chi connectivity index (χ3v) is 0.888. The molecule has 0 saturated carbocycles. The molecule has 5 heteroatoms. The zero-order chi connectivity index (χ0) is 7.28. The highest BCUT2D eigenvalue weighted by Gasteiger charge is 1.94. The largest absolute Gasteiger partial charge is 0.448 e. The average molecular weight is 151 g/mol. The van der Waals surface area contributed by atoms with Gasteiger partial charge in [-0.25, -0.2) is 4.79 Å². The molecule has 0 aromatic carbocycles. The van der Waals surface area contributed by atoms with E-state index in [1.54, 1.807) is 6.92 Å². The van der Waals surface area contributed by atoms with E-state index >= 15 is 0 Å². The van der Waals surface area contributed by atoms with E-state index in [1.807, 2.05) is 0 Å². The molecule has 0 spiro atoms. The van der Waals surface area contributed by atoms with Gasteiger partial charge in [0, 0.05) is 17.2 Å². The molecule has 0 radical (unpaired) electrons. The molecule has 0 aliphatic heterocycles. The van der Waals surface area contributed by atoms with Crippen LogP contribution in [0, 0.1) is 0 Å². The number of hydrogen-bond donors (Lipinski definition) is 1.